The highest BCUT2D eigenvalue weighted by atomic mass is 35.5. The fourth-order valence-corrected chi connectivity index (χ4v) is 1.72. The zero-order valence-corrected chi connectivity index (χ0v) is 12.1. The third-order valence-electron chi connectivity index (χ3n) is 2.63. The van der Waals surface area contributed by atoms with Gasteiger partial charge in [-0.1, -0.05) is 23.7 Å². The van der Waals surface area contributed by atoms with Crippen molar-refractivity contribution in [2.45, 2.75) is 13.5 Å². The Morgan fingerprint density at radius 1 is 1.38 bits per heavy atom. The Bertz CT molecular complexity index is 632. The highest BCUT2D eigenvalue weighted by Gasteiger charge is 2.14. The minimum Gasteiger partial charge on any atom is -0.493 e. The van der Waals surface area contributed by atoms with E-state index in [2.05, 4.69) is 15.3 Å². The summed E-state index contributed by atoms with van der Waals surface area (Å²) < 4.78 is 4.78. The van der Waals surface area contributed by atoms with Gasteiger partial charge in [-0.15, -0.1) is 0 Å². The summed E-state index contributed by atoms with van der Waals surface area (Å²) in [6, 6.07) is 7.28. The van der Waals surface area contributed by atoms with E-state index >= 15 is 0 Å². The van der Waals surface area contributed by atoms with Gasteiger partial charge >= 0.3 is 5.97 Å². The molecule has 0 fully saturated rings. The molecule has 0 amide bonds. The SMILES string of the molecule is CCOC(=O)c1cnc(NCc2ccc(Cl)cc2)nc1O. The predicted molar refractivity (Wildman–Crippen MR) is 78.4 cm³/mol. The van der Waals surface area contributed by atoms with Crippen LogP contribution in [0.4, 0.5) is 5.95 Å². The van der Waals surface area contributed by atoms with E-state index in [1.807, 2.05) is 12.1 Å². The van der Waals surface area contributed by atoms with Crippen molar-refractivity contribution < 1.29 is 14.6 Å². The molecule has 6 nitrogen and oxygen atoms in total. The third kappa shape index (κ3) is 4.06. The number of hydrogen-bond acceptors (Lipinski definition) is 6. The zero-order chi connectivity index (χ0) is 15.2. The van der Waals surface area contributed by atoms with Crippen LogP contribution in [0.1, 0.15) is 22.8 Å². The highest BCUT2D eigenvalue weighted by Crippen LogP contribution is 2.16. The van der Waals surface area contributed by atoms with Gasteiger partial charge in [-0.25, -0.2) is 9.78 Å². The molecule has 0 aliphatic rings. The Kier molecular flexibility index (Phi) is 4.94. The molecule has 0 aliphatic heterocycles. The smallest absolute Gasteiger partial charge is 0.345 e. The van der Waals surface area contributed by atoms with Crippen LogP contribution in [0.2, 0.25) is 5.02 Å². The first-order valence-corrected chi connectivity index (χ1v) is 6.69. The van der Waals surface area contributed by atoms with Crippen LogP contribution in [0.5, 0.6) is 5.88 Å². The van der Waals surface area contributed by atoms with Gasteiger partial charge < -0.3 is 15.2 Å². The van der Waals surface area contributed by atoms with Crippen LogP contribution in [0.25, 0.3) is 0 Å². The van der Waals surface area contributed by atoms with Crippen molar-refractivity contribution in [1.29, 1.82) is 0 Å². The first kappa shape index (κ1) is 15.1. The maximum Gasteiger partial charge on any atom is 0.345 e. The normalized spacial score (nSPS) is 10.2. The molecule has 2 rings (SSSR count). The number of aromatic nitrogens is 2. The van der Waals surface area contributed by atoms with Gasteiger partial charge in [0.1, 0.15) is 5.56 Å². The second-order valence-corrected chi connectivity index (χ2v) is 4.57. The molecule has 0 saturated heterocycles. The minimum absolute atomic E-state index is 0.0612. The quantitative estimate of drug-likeness (QED) is 0.826. The van der Waals surface area contributed by atoms with E-state index in [0.717, 1.165) is 5.56 Å². The molecule has 2 aromatic rings. The Hall–Kier alpha value is -2.34. The molecular weight excluding hydrogens is 294 g/mol. The number of nitrogens with one attached hydrogen (secondary N) is 1. The summed E-state index contributed by atoms with van der Waals surface area (Å²) in [5.41, 5.74) is 0.922. The molecule has 0 bridgehead atoms. The number of hydrogen-bond donors (Lipinski definition) is 2. The van der Waals surface area contributed by atoms with Gasteiger partial charge in [-0.05, 0) is 24.6 Å². The van der Waals surface area contributed by atoms with E-state index < -0.39 is 11.8 Å². The summed E-state index contributed by atoms with van der Waals surface area (Å²) in [5.74, 6) is -0.850. The summed E-state index contributed by atoms with van der Waals surface area (Å²) in [6.45, 7) is 2.36. The van der Waals surface area contributed by atoms with Gasteiger partial charge in [0.2, 0.25) is 11.8 Å². The number of benzene rings is 1. The van der Waals surface area contributed by atoms with Crippen molar-refractivity contribution >= 4 is 23.5 Å². The van der Waals surface area contributed by atoms with Crippen LogP contribution in [0, 0.1) is 0 Å². The van der Waals surface area contributed by atoms with Gasteiger partial charge in [0, 0.05) is 11.6 Å². The van der Waals surface area contributed by atoms with Gasteiger partial charge in [0.05, 0.1) is 12.8 Å². The van der Waals surface area contributed by atoms with E-state index in [0.29, 0.717) is 11.6 Å². The number of rotatable bonds is 5. The summed E-state index contributed by atoms with van der Waals surface area (Å²) in [4.78, 5) is 19.3. The molecule has 21 heavy (non-hydrogen) atoms. The largest absolute Gasteiger partial charge is 0.493 e. The van der Waals surface area contributed by atoms with Gasteiger partial charge in [0.25, 0.3) is 0 Å². The Morgan fingerprint density at radius 3 is 2.71 bits per heavy atom. The van der Waals surface area contributed by atoms with Crippen molar-refractivity contribution in [3.05, 3.63) is 46.6 Å². The lowest BCUT2D eigenvalue weighted by molar-refractivity contribution is 0.0521. The molecule has 0 atom stereocenters. The zero-order valence-electron chi connectivity index (χ0n) is 11.3. The van der Waals surface area contributed by atoms with E-state index in [-0.39, 0.29) is 18.1 Å². The molecule has 7 heteroatoms. The molecular formula is C14H14ClN3O3. The Labute approximate surface area is 126 Å². The molecule has 0 aliphatic carbocycles. The second-order valence-electron chi connectivity index (χ2n) is 4.13. The van der Waals surface area contributed by atoms with Crippen molar-refractivity contribution in [1.82, 2.24) is 9.97 Å². The maximum absolute atomic E-state index is 11.5. The van der Waals surface area contributed by atoms with Crippen LogP contribution in [-0.4, -0.2) is 27.7 Å². The summed E-state index contributed by atoms with van der Waals surface area (Å²) in [7, 11) is 0. The van der Waals surface area contributed by atoms with E-state index in [9.17, 15) is 9.90 Å². The number of carbonyl (C=O) groups is 1. The molecule has 1 aromatic heterocycles. The fourth-order valence-electron chi connectivity index (χ4n) is 1.59. The van der Waals surface area contributed by atoms with Crippen molar-refractivity contribution in [3.8, 4) is 5.88 Å². The molecule has 0 radical (unpaired) electrons. The molecule has 0 unspecified atom stereocenters. The van der Waals surface area contributed by atoms with Gasteiger partial charge in [-0.3, -0.25) is 0 Å². The standard InChI is InChI=1S/C14H14ClN3O3/c1-2-21-13(20)11-8-17-14(18-12(11)19)16-7-9-3-5-10(15)6-4-9/h3-6,8H,2,7H2,1H3,(H2,16,17,18,19). The maximum atomic E-state index is 11.5. The summed E-state index contributed by atoms with van der Waals surface area (Å²) >= 11 is 5.80. The first-order chi connectivity index (χ1) is 10.1. The average Bonchev–Trinajstić information content (AvgIpc) is 2.47. The topological polar surface area (TPSA) is 84.3 Å². The lowest BCUT2D eigenvalue weighted by Crippen LogP contribution is -2.09. The lowest BCUT2D eigenvalue weighted by Gasteiger charge is -2.07. The molecule has 1 aromatic carbocycles. The second kappa shape index (κ2) is 6.90. The minimum atomic E-state index is -0.653. The number of halogens is 1. The highest BCUT2D eigenvalue weighted by molar-refractivity contribution is 6.30. The van der Waals surface area contributed by atoms with Gasteiger partial charge in [-0.2, -0.15) is 4.98 Å². The van der Waals surface area contributed by atoms with E-state index in [1.165, 1.54) is 6.20 Å². The fraction of sp³-hybridized carbons (Fsp3) is 0.214. The molecule has 110 valence electrons. The average molecular weight is 308 g/mol. The molecule has 2 N–H and O–H groups in total. The molecule has 0 saturated carbocycles. The monoisotopic (exact) mass is 307 g/mol. The summed E-state index contributed by atoms with van der Waals surface area (Å²) in [5, 5.41) is 13.3. The number of aromatic hydroxyl groups is 1. The van der Waals surface area contributed by atoms with E-state index in [4.69, 9.17) is 16.3 Å². The number of nitrogens with zero attached hydrogens (tertiary/aromatic N) is 2. The van der Waals surface area contributed by atoms with Gasteiger partial charge in [0.15, 0.2) is 0 Å². The van der Waals surface area contributed by atoms with Crippen LogP contribution >= 0.6 is 11.6 Å². The predicted octanol–water partition coefficient (Wildman–Crippen LogP) is 2.62. The van der Waals surface area contributed by atoms with Crippen LogP contribution < -0.4 is 5.32 Å². The van der Waals surface area contributed by atoms with Crippen molar-refractivity contribution in [2.24, 2.45) is 0 Å². The Balaban J connectivity index is 2.03. The number of esters is 1. The third-order valence-corrected chi connectivity index (χ3v) is 2.88. The number of carbonyl (C=O) groups excluding carboxylic acids is 1. The molecule has 0 spiro atoms. The van der Waals surface area contributed by atoms with Crippen LogP contribution in [0.15, 0.2) is 30.5 Å². The van der Waals surface area contributed by atoms with E-state index in [1.54, 1.807) is 19.1 Å². The van der Waals surface area contributed by atoms with Crippen molar-refractivity contribution in [3.63, 3.8) is 0 Å². The van der Waals surface area contributed by atoms with Crippen LogP contribution in [0.3, 0.4) is 0 Å². The van der Waals surface area contributed by atoms with Crippen LogP contribution in [-0.2, 0) is 11.3 Å². The number of anilines is 1. The number of ether oxygens (including phenoxy) is 1. The summed E-state index contributed by atoms with van der Waals surface area (Å²) in [6.07, 6.45) is 1.23. The Morgan fingerprint density at radius 2 is 2.10 bits per heavy atom. The molecule has 1 heterocycles. The van der Waals surface area contributed by atoms with Crippen molar-refractivity contribution in [2.75, 3.05) is 11.9 Å². The first-order valence-electron chi connectivity index (χ1n) is 6.31. The lowest BCUT2D eigenvalue weighted by atomic mass is 10.2.